The molecule has 0 bridgehead atoms. The summed E-state index contributed by atoms with van der Waals surface area (Å²) in [5, 5.41) is 3.24. The van der Waals surface area contributed by atoms with Crippen LogP contribution in [0.4, 0.5) is 5.13 Å². The van der Waals surface area contributed by atoms with E-state index in [4.69, 9.17) is 0 Å². The van der Waals surface area contributed by atoms with Crippen LogP contribution in [0.25, 0.3) is 10.2 Å². The highest BCUT2D eigenvalue weighted by atomic mass is 32.2. The molecule has 0 radical (unpaired) electrons. The number of rotatable bonds is 4. The minimum absolute atomic E-state index is 0.200. The van der Waals surface area contributed by atoms with Gasteiger partial charge in [0, 0.05) is 19.7 Å². The van der Waals surface area contributed by atoms with Crippen molar-refractivity contribution in [2.45, 2.75) is 18.7 Å². The van der Waals surface area contributed by atoms with Crippen LogP contribution in [0.3, 0.4) is 0 Å². The van der Waals surface area contributed by atoms with Crippen molar-refractivity contribution in [3.8, 4) is 0 Å². The Balaban J connectivity index is 1.92. The molecule has 3 rings (SSSR count). The Morgan fingerprint density at radius 2 is 1.85 bits per heavy atom. The molecule has 0 saturated heterocycles. The standard InChI is InChI=1S/C18H19N3O3S2/c1-11-5-6-12(2)14(9-11)17(22)20-18-19-15-8-7-13(10-16(15)25-18)26(23,24)21(3)4/h5-10H,1-4H3,(H,19,20,22). The zero-order valence-electron chi connectivity index (χ0n) is 14.9. The number of nitrogens with one attached hydrogen (secondary N) is 1. The number of aryl methyl sites for hydroxylation is 2. The van der Waals surface area contributed by atoms with Gasteiger partial charge in [-0.05, 0) is 43.7 Å². The molecule has 0 aliphatic heterocycles. The smallest absolute Gasteiger partial charge is 0.257 e. The second kappa shape index (κ2) is 6.79. The molecule has 1 heterocycles. The van der Waals surface area contributed by atoms with Crippen molar-refractivity contribution >= 4 is 42.6 Å². The lowest BCUT2D eigenvalue weighted by atomic mass is 10.1. The molecule has 136 valence electrons. The molecule has 0 fully saturated rings. The molecule has 1 N–H and O–H groups in total. The van der Waals surface area contributed by atoms with Gasteiger partial charge in [0.2, 0.25) is 10.0 Å². The number of anilines is 1. The first kappa shape index (κ1) is 18.5. The van der Waals surface area contributed by atoms with Crippen LogP contribution >= 0.6 is 11.3 Å². The summed E-state index contributed by atoms with van der Waals surface area (Å²) in [7, 11) is -0.534. The van der Waals surface area contributed by atoms with Gasteiger partial charge in [-0.25, -0.2) is 17.7 Å². The normalized spacial score (nSPS) is 11.9. The Labute approximate surface area is 156 Å². The Kier molecular flexibility index (Phi) is 4.83. The molecule has 2 aromatic carbocycles. The highest BCUT2D eigenvalue weighted by Crippen LogP contribution is 2.29. The molecule has 26 heavy (non-hydrogen) atoms. The third-order valence-electron chi connectivity index (χ3n) is 4.00. The van der Waals surface area contributed by atoms with Crippen molar-refractivity contribution in [1.82, 2.24) is 9.29 Å². The molecule has 6 nitrogen and oxygen atoms in total. The fraction of sp³-hybridized carbons (Fsp3) is 0.222. The minimum Gasteiger partial charge on any atom is -0.298 e. The number of thiazole rings is 1. The number of hydrogen-bond acceptors (Lipinski definition) is 5. The predicted octanol–water partition coefficient (Wildman–Crippen LogP) is 3.42. The summed E-state index contributed by atoms with van der Waals surface area (Å²) in [6.07, 6.45) is 0. The summed E-state index contributed by atoms with van der Waals surface area (Å²) in [6, 6.07) is 10.4. The summed E-state index contributed by atoms with van der Waals surface area (Å²) in [5.41, 5.74) is 3.13. The van der Waals surface area contributed by atoms with Crippen LogP contribution in [0.1, 0.15) is 21.5 Å². The van der Waals surface area contributed by atoms with E-state index in [1.165, 1.54) is 35.8 Å². The Hall–Kier alpha value is -2.29. The van der Waals surface area contributed by atoms with Crippen molar-refractivity contribution < 1.29 is 13.2 Å². The van der Waals surface area contributed by atoms with E-state index in [0.717, 1.165) is 11.1 Å². The highest BCUT2D eigenvalue weighted by Gasteiger charge is 2.19. The predicted molar refractivity (Wildman–Crippen MR) is 104 cm³/mol. The SMILES string of the molecule is Cc1ccc(C)c(C(=O)Nc2nc3ccc(S(=O)(=O)N(C)C)cc3s2)c1. The van der Waals surface area contributed by atoms with Gasteiger partial charge in [0.25, 0.3) is 5.91 Å². The number of aromatic nitrogens is 1. The molecule has 1 amide bonds. The Bertz CT molecular complexity index is 1100. The van der Waals surface area contributed by atoms with Crippen molar-refractivity contribution in [3.05, 3.63) is 53.1 Å². The summed E-state index contributed by atoms with van der Waals surface area (Å²) >= 11 is 1.25. The van der Waals surface area contributed by atoms with E-state index >= 15 is 0 Å². The highest BCUT2D eigenvalue weighted by molar-refractivity contribution is 7.89. The first-order valence-corrected chi connectivity index (χ1v) is 10.2. The Morgan fingerprint density at radius 3 is 2.54 bits per heavy atom. The van der Waals surface area contributed by atoms with Gasteiger partial charge in [-0.3, -0.25) is 10.1 Å². The van der Waals surface area contributed by atoms with Crippen molar-refractivity contribution in [2.75, 3.05) is 19.4 Å². The minimum atomic E-state index is -3.51. The van der Waals surface area contributed by atoms with E-state index in [0.29, 0.717) is 20.9 Å². The summed E-state index contributed by atoms with van der Waals surface area (Å²) in [5.74, 6) is -0.230. The molecule has 0 spiro atoms. The number of carbonyl (C=O) groups excluding carboxylic acids is 1. The van der Waals surface area contributed by atoms with E-state index in [1.807, 2.05) is 32.0 Å². The average molecular weight is 390 g/mol. The van der Waals surface area contributed by atoms with Crippen LogP contribution in [0, 0.1) is 13.8 Å². The maximum atomic E-state index is 12.5. The first-order valence-electron chi connectivity index (χ1n) is 7.90. The van der Waals surface area contributed by atoms with Crippen LogP contribution in [0.2, 0.25) is 0 Å². The van der Waals surface area contributed by atoms with Crippen molar-refractivity contribution in [3.63, 3.8) is 0 Å². The fourth-order valence-corrected chi connectivity index (χ4v) is 4.38. The van der Waals surface area contributed by atoms with Gasteiger partial charge in [-0.15, -0.1) is 0 Å². The molecule has 0 saturated carbocycles. The lowest BCUT2D eigenvalue weighted by Gasteiger charge is -2.10. The van der Waals surface area contributed by atoms with Crippen molar-refractivity contribution in [2.24, 2.45) is 0 Å². The van der Waals surface area contributed by atoms with Gasteiger partial charge in [-0.1, -0.05) is 29.0 Å². The summed E-state index contributed by atoms with van der Waals surface area (Å²) in [4.78, 5) is 17.1. The number of carbonyl (C=O) groups is 1. The molecule has 0 atom stereocenters. The molecule has 8 heteroatoms. The molecule has 3 aromatic rings. The van der Waals surface area contributed by atoms with Gasteiger partial charge >= 0.3 is 0 Å². The lowest BCUT2D eigenvalue weighted by molar-refractivity contribution is 0.102. The third kappa shape index (κ3) is 3.48. The summed E-state index contributed by atoms with van der Waals surface area (Å²) < 4.78 is 26.4. The van der Waals surface area contributed by atoms with Crippen LogP contribution < -0.4 is 5.32 Å². The summed E-state index contributed by atoms with van der Waals surface area (Å²) in [6.45, 7) is 3.81. The zero-order valence-corrected chi connectivity index (χ0v) is 16.5. The van der Waals surface area contributed by atoms with Crippen LogP contribution in [0.15, 0.2) is 41.3 Å². The largest absolute Gasteiger partial charge is 0.298 e. The van der Waals surface area contributed by atoms with E-state index in [-0.39, 0.29) is 10.8 Å². The molecule has 1 aromatic heterocycles. The van der Waals surface area contributed by atoms with E-state index < -0.39 is 10.0 Å². The van der Waals surface area contributed by atoms with Gasteiger partial charge in [0.1, 0.15) is 0 Å². The van der Waals surface area contributed by atoms with Crippen LogP contribution in [-0.4, -0.2) is 37.7 Å². The maximum absolute atomic E-state index is 12.5. The monoisotopic (exact) mass is 389 g/mol. The van der Waals surface area contributed by atoms with Crippen molar-refractivity contribution in [1.29, 1.82) is 0 Å². The number of nitrogens with zero attached hydrogens (tertiary/aromatic N) is 2. The van der Waals surface area contributed by atoms with Crippen LogP contribution in [-0.2, 0) is 10.0 Å². The van der Waals surface area contributed by atoms with Gasteiger partial charge < -0.3 is 0 Å². The number of benzene rings is 2. The van der Waals surface area contributed by atoms with Gasteiger partial charge in [-0.2, -0.15) is 0 Å². The number of sulfonamides is 1. The number of amides is 1. The second-order valence-corrected chi connectivity index (χ2v) is 9.39. The van der Waals surface area contributed by atoms with E-state index in [2.05, 4.69) is 10.3 Å². The third-order valence-corrected chi connectivity index (χ3v) is 6.74. The Morgan fingerprint density at radius 1 is 1.12 bits per heavy atom. The topological polar surface area (TPSA) is 79.4 Å². The number of hydrogen-bond donors (Lipinski definition) is 1. The molecule has 0 aliphatic carbocycles. The molecular formula is C18H19N3O3S2. The second-order valence-electron chi connectivity index (χ2n) is 6.21. The van der Waals surface area contributed by atoms with Gasteiger partial charge in [0.15, 0.2) is 5.13 Å². The molecule has 0 unspecified atom stereocenters. The van der Waals surface area contributed by atoms with E-state index in [9.17, 15) is 13.2 Å². The molecule has 0 aliphatic rings. The van der Waals surface area contributed by atoms with Crippen LogP contribution in [0.5, 0.6) is 0 Å². The number of fused-ring (bicyclic) bond motifs is 1. The zero-order chi connectivity index (χ0) is 19.1. The fourth-order valence-electron chi connectivity index (χ4n) is 2.47. The quantitative estimate of drug-likeness (QED) is 0.741. The molecular weight excluding hydrogens is 370 g/mol. The maximum Gasteiger partial charge on any atom is 0.257 e. The van der Waals surface area contributed by atoms with E-state index in [1.54, 1.807) is 12.1 Å². The lowest BCUT2D eigenvalue weighted by Crippen LogP contribution is -2.22. The average Bonchev–Trinajstić information content (AvgIpc) is 2.97. The first-order chi connectivity index (χ1) is 12.2. The van der Waals surface area contributed by atoms with Gasteiger partial charge in [0.05, 0.1) is 15.1 Å².